The van der Waals surface area contributed by atoms with Crippen LogP contribution in [0.15, 0.2) is 30.5 Å². The van der Waals surface area contributed by atoms with Crippen molar-refractivity contribution in [2.75, 3.05) is 10.7 Å². The highest BCUT2D eigenvalue weighted by atomic mass is 35.5. The quantitative estimate of drug-likeness (QED) is 0.589. The van der Waals surface area contributed by atoms with Crippen LogP contribution in [0.5, 0.6) is 0 Å². The number of rotatable bonds is 3. The zero-order valence-electron chi connectivity index (χ0n) is 10.1. The fourth-order valence-electron chi connectivity index (χ4n) is 1.47. The van der Waals surface area contributed by atoms with Gasteiger partial charge in [-0.15, -0.1) is 0 Å². The Balaban J connectivity index is 2.28. The van der Waals surface area contributed by atoms with E-state index in [4.69, 9.17) is 17.4 Å². The molecule has 0 spiro atoms. The fourth-order valence-corrected chi connectivity index (χ4v) is 1.66. The average molecular weight is 278 g/mol. The fraction of sp³-hybridized carbons (Fsp3) is 0.0833. The molecule has 0 bridgehead atoms. The van der Waals surface area contributed by atoms with E-state index in [-0.39, 0.29) is 10.7 Å². The van der Waals surface area contributed by atoms with Crippen LogP contribution in [-0.2, 0) is 0 Å². The summed E-state index contributed by atoms with van der Waals surface area (Å²) < 4.78 is 0. The maximum absolute atomic E-state index is 12.1. The number of halogens is 1. The molecule has 0 aliphatic heterocycles. The molecule has 1 amide bonds. The number of nitrogens with zero attached hydrogens (tertiary/aromatic N) is 2. The molecule has 0 unspecified atom stereocenters. The van der Waals surface area contributed by atoms with Crippen molar-refractivity contribution in [3.05, 3.63) is 46.7 Å². The third-order valence-electron chi connectivity index (χ3n) is 2.45. The number of hydrogen-bond acceptors (Lipinski definition) is 5. The number of aryl methyl sites for hydroxylation is 1. The Bertz CT molecular complexity index is 617. The van der Waals surface area contributed by atoms with Crippen molar-refractivity contribution in [1.29, 1.82) is 0 Å². The number of hydrazine groups is 1. The van der Waals surface area contributed by atoms with E-state index >= 15 is 0 Å². The van der Waals surface area contributed by atoms with E-state index in [9.17, 15) is 4.79 Å². The van der Waals surface area contributed by atoms with Gasteiger partial charge >= 0.3 is 0 Å². The predicted molar refractivity (Wildman–Crippen MR) is 74.0 cm³/mol. The summed E-state index contributed by atoms with van der Waals surface area (Å²) in [6.45, 7) is 1.84. The molecule has 19 heavy (non-hydrogen) atoms. The molecular formula is C12H12ClN5O. The lowest BCUT2D eigenvalue weighted by atomic mass is 10.2. The lowest BCUT2D eigenvalue weighted by molar-refractivity contribution is 0.102. The van der Waals surface area contributed by atoms with Crippen molar-refractivity contribution in [2.24, 2.45) is 5.84 Å². The second kappa shape index (κ2) is 5.64. The summed E-state index contributed by atoms with van der Waals surface area (Å²) in [5.74, 6) is 5.63. The molecule has 0 aliphatic carbocycles. The molecule has 0 radical (unpaired) electrons. The summed E-state index contributed by atoms with van der Waals surface area (Å²) in [4.78, 5) is 20.2. The minimum Gasteiger partial charge on any atom is -0.308 e. The first-order valence-electron chi connectivity index (χ1n) is 5.48. The van der Waals surface area contributed by atoms with Crippen LogP contribution in [0.1, 0.15) is 16.1 Å². The summed E-state index contributed by atoms with van der Waals surface area (Å²) in [5.41, 5.74) is 3.29. The number of carbonyl (C=O) groups is 1. The number of anilines is 2. The highest BCUT2D eigenvalue weighted by Crippen LogP contribution is 2.18. The van der Waals surface area contributed by atoms with Crippen LogP contribution in [0.2, 0.25) is 5.02 Å². The highest BCUT2D eigenvalue weighted by Gasteiger charge is 2.14. The van der Waals surface area contributed by atoms with E-state index < -0.39 is 5.91 Å². The molecule has 98 valence electrons. The van der Waals surface area contributed by atoms with E-state index in [2.05, 4.69) is 20.7 Å². The van der Waals surface area contributed by atoms with E-state index in [0.717, 1.165) is 5.56 Å². The number of amides is 1. The van der Waals surface area contributed by atoms with Crippen LogP contribution in [0.4, 0.5) is 11.6 Å². The number of pyridine rings is 2. The zero-order valence-corrected chi connectivity index (χ0v) is 10.9. The largest absolute Gasteiger partial charge is 0.308 e. The molecule has 2 rings (SSSR count). The predicted octanol–water partition coefficient (Wildman–Crippen LogP) is 1.98. The average Bonchev–Trinajstić information content (AvgIpc) is 2.42. The molecule has 2 aromatic heterocycles. The molecule has 0 saturated heterocycles. The van der Waals surface area contributed by atoms with Gasteiger partial charge in [-0.05, 0) is 30.7 Å². The minimum absolute atomic E-state index is 0.0853. The molecule has 0 fully saturated rings. The summed E-state index contributed by atoms with van der Waals surface area (Å²) >= 11 is 5.94. The van der Waals surface area contributed by atoms with Gasteiger partial charge in [0.15, 0.2) is 0 Å². The third-order valence-corrected chi connectivity index (χ3v) is 2.76. The van der Waals surface area contributed by atoms with Crippen molar-refractivity contribution in [1.82, 2.24) is 9.97 Å². The molecule has 0 aliphatic rings. The normalized spacial score (nSPS) is 10.1. The highest BCUT2D eigenvalue weighted by molar-refractivity contribution is 6.34. The van der Waals surface area contributed by atoms with Gasteiger partial charge in [0.2, 0.25) is 0 Å². The van der Waals surface area contributed by atoms with Gasteiger partial charge in [0.1, 0.15) is 17.3 Å². The maximum Gasteiger partial charge on any atom is 0.277 e. The third kappa shape index (κ3) is 2.98. The lowest BCUT2D eigenvalue weighted by Gasteiger charge is -2.08. The second-order valence-corrected chi connectivity index (χ2v) is 4.20. The van der Waals surface area contributed by atoms with Crippen LogP contribution in [0.3, 0.4) is 0 Å². The van der Waals surface area contributed by atoms with Gasteiger partial charge in [0.05, 0.1) is 5.02 Å². The Kier molecular flexibility index (Phi) is 3.94. The number of nitrogen functional groups attached to an aromatic ring is 1. The number of aromatic nitrogens is 2. The first-order valence-corrected chi connectivity index (χ1v) is 5.85. The first-order chi connectivity index (χ1) is 9.11. The Morgan fingerprint density at radius 3 is 2.84 bits per heavy atom. The maximum atomic E-state index is 12.1. The van der Waals surface area contributed by atoms with Gasteiger partial charge in [0, 0.05) is 6.20 Å². The van der Waals surface area contributed by atoms with Crippen molar-refractivity contribution in [3.63, 3.8) is 0 Å². The van der Waals surface area contributed by atoms with Crippen LogP contribution < -0.4 is 16.6 Å². The summed E-state index contributed by atoms with van der Waals surface area (Å²) in [6, 6.07) is 6.75. The van der Waals surface area contributed by atoms with Crippen LogP contribution in [0, 0.1) is 6.92 Å². The SMILES string of the molecule is Cc1cccnc1NC(=O)c1nc(NN)ccc1Cl. The van der Waals surface area contributed by atoms with Gasteiger partial charge in [0.25, 0.3) is 5.91 Å². The van der Waals surface area contributed by atoms with Gasteiger partial charge in [-0.2, -0.15) is 0 Å². The second-order valence-electron chi connectivity index (χ2n) is 3.79. The molecule has 2 aromatic rings. The molecule has 0 saturated carbocycles. The Morgan fingerprint density at radius 2 is 2.16 bits per heavy atom. The standard InChI is InChI=1S/C12H12ClN5O/c1-7-3-2-6-15-11(7)17-12(19)10-8(13)4-5-9(16-10)18-14/h2-6H,14H2,1H3,(H,16,18)(H,15,17,19). The van der Waals surface area contributed by atoms with Crippen molar-refractivity contribution < 1.29 is 4.79 Å². The van der Waals surface area contributed by atoms with Crippen LogP contribution >= 0.6 is 11.6 Å². The Labute approximate surface area is 115 Å². The van der Waals surface area contributed by atoms with Gasteiger partial charge in [-0.1, -0.05) is 17.7 Å². The van der Waals surface area contributed by atoms with E-state index in [1.165, 1.54) is 0 Å². The van der Waals surface area contributed by atoms with Gasteiger partial charge in [-0.25, -0.2) is 15.8 Å². The van der Waals surface area contributed by atoms with Crippen LogP contribution in [-0.4, -0.2) is 15.9 Å². The molecule has 6 nitrogen and oxygen atoms in total. The van der Waals surface area contributed by atoms with Gasteiger partial charge in [-0.3, -0.25) is 4.79 Å². The molecular weight excluding hydrogens is 266 g/mol. The molecule has 7 heteroatoms. The summed E-state index contributed by atoms with van der Waals surface area (Å²) in [7, 11) is 0. The van der Waals surface area contributed by atoms with E-state index in [1.807, 2.05) is 13.0 Å². The molecule has 4 N–H and O–H groups in total. The molecule has 2 heterocycles. The smallest absolute Gasteiger partial charge is 0.277 e. The number of hydrogen-bond donors (Lipinski definition) is 3. The zero-order chi connectivity index (χ0) is 13.8. The van der Waals surface area contributed by atoms with E-state index in [0.29, 0.717) is 11.6 Å². The molecule has 0 aromatic carbocycles. The van der Waals surface area contributed by atoms with Crippen molar-refractivity contribution in [3.8, 4) is 0 Å². The topological polar surface area (TPSA) is 92.9 Å². The first kappa shape index (κ1) is 13.3. The lowest BCUT2D eigenvalue weighted by Crippen LogP contribution is -2.18. The van der Waals surface area contributed by atoms with Gasteiger partial charge < -0.3 is 10.7 Å². The van der Waals surface area contributed by atoms with Crippen molar-refractivity contribution in [2.45, 2.75) is 6.92 Å². The number of nitrogens with one attached hydrogen (secondary N) is 2. The molecule has 0 atom stereocenters. The Hall–Kier alpha value is -2.18. The number of carbonyl (C=O) groups excluding carboxylic acids is 1. The van der Waals surface area contributed by atoms with Crippen molar-refractivity contribution >= 4 is 29.1 Å². The summed E-state index contributed by atoms with van der Waals surface area (Å²) in [6.07, 6.45) is 1.59. The summed E-state index contributed by atoms with van der Waals surface area (Å²) in [5, 5.41) is 2.89. The van der Waals surface area contributed by atoms with E-state index in [1.54, 1.807) is 24.4 Å². The Morgan fingerprint density at radius 1 is 1.37 bits per heavy atom. The monoisotopic (exact) mass is 277 g/mol. The minimum atomic E-state index is -0.441. The van der Waals surface area contributed by atoms with Crippen LogP contribution in [0.25, 0.3) is 0 Å². The number of nitrogens with two attached hydrogens (primary N) is 1.